The molecule has 2 atom stereocenters. The summed E-state index contributed by atoms with van der Waals surface area (Å²) in [6.07, 6.45) is 54.3. The number of hydrogen-bond acceptors (Lipinski definition) is 7. The number of nitrogens with two attached hydrogens (primary N) is 1. The maximum Gasteiger partial charge on any atom is 0.472 e. The predicted molar refractivity (Wildman–Crippen MR) is 243 cm³/mol. The van der Waals surface area contributed by atoms with Gasteiger partial charge in [-0.1, -0.05) is 204 Å². The molecule has 334 valence electrons. The molecular weight excluding hydrogens is 734 g/mol. The minimum atomic E-state index is -4.29. The number of hydrogen-bond donors (Lipinski definition) is 2. The van der Waals surface area contributed by atoms with Crippen LogP contribution in [-0.2, 0) is 27.9 Å². The van der Waals surface area contributed by atoms with Crippen LogP contribution in [0.3, 0.4) is 0 Å². The van der Waals surface area contributed by atoms with Crippen molar-refractivity contribution in [3.63, 3.8) is 0 Å². The van der Waals surface area contributed by atoms with E-state index in [1.807, 2.05) is 0 Å². The van der Waals surface area contributed by atoms with E-state index in [4.69, 9.17) is 24.3 Å². The van der Waals surface area contributed by atoms with Crippen LogP contribution in [-0.4, -0.2) is 49.9 Å². The van der Waals surface area contributed by atoms with Gasteiger partial charge in [0, 0.05) is 19.6 Å². The third kappa shape index (κ3) is 45.4. The van der Waals surface area contributed by atoms with Crippen LogP contribution >= 0.6 is 7.82 Å². The van der Waals surface area contributed by atoms with Gasteiger partial charge >= 0.3 is 13.8 Å². The zero-order chi connectivity index (χ0) is 41.6. The highest BCUT2D eigenvalue weighted by atomic mass is 31.2. The lowest BCUT2D eigenvalue weighted by molar-refractivity contribution is -0.154. The van der Waals surface area contributed by atoms with E-state index < -0.39 is 13.9 Å². The van der Waals surface area contributed by atoms with Crippen LogP contribution in [0.2, 0.25) is 0 Å². The molecule has 0 aliphatic rings. The molecule has 0 aromatic heterocycles. The zero-order valence-electron chi connectivity index (χ0n) is 37.1. The first kappa shape index (κ1) is 55.5. The van der Waals surface area contributed by atoms with Crippen molar-refractivity contribution < 1.29 is 32.8 Å². The quantitative estimate of drug-likeness (QED) is 0.0270. The van der Waals surface area contributed by atoms with Gasteiger partial charge in [-0.05, 0) is 51.4 Å². The summed E-state index contributed by atoms with van der Waals surface area (Å²) in [5.74, 6) is -0.339. The van der Waals surface area contributed by atoms with Crippen LogP contribution in [0.4, 0.5) is 0 Å². The fraction of sp³-hybridized carbons (Fsp3) is 0.812. The Morgan fingerprint density at radius 1 is 0.544 bits per heavy atom. The molecule has 9 heteroatoms. The number of carbonyl (C=O) groups excluding carboxylic acids is 1. The Morgan fingerprint density at radius 2 is 0.982 bits per heavy atom. The summed E-state index contributed by atoms with van der Waals surface area (Å²) in [6.45, 7) is 4.75. The molecule has 8 nitrogen and oxygen atoms in total. The predicted octanol–water partition coefficient (Wildman–Crippen LogP) is 14.4. The Kier molecular flexibility index (Phi) is 44.3. The minimum absolute atomic E-state index is 0.0945. The maximum atomic E-state index is 12.6. The molecule has 0 fully saturated rings. The number of phosphoric acid groups is 1. The van der Waals surface area contributed by atoms with E-state index in [-0.39, 0.29) is 32.3 Å². The molecule has 0 aromatic carbocycles. The van der Waals surface area contributed by atoms with Crippen molar-refractivity contribution in [1.82, 2.24) is 0 Å². The van der Waals surface area contributed by atoms with Gasteiger partial charge < -0.3 is 20.1 Å². The lowest BCUT2D eigenvalue weighted by Gasteiger charge is -2.20. The number of allylic oxidation sites excluding steroid dienone is 8. The van der Waals surface area contributed by atoms with Crippen LogP contribution in [0.1, 0.15) is 213 Å². The highest BCUT2D eigenvalue weighted by Gasteiger charge is 2.25. The minimum Gasteiger partial charge on any atom is -0.457 e. The molecule has 0 aromatic rings. The monoisotopic (exact) mass is 824 g/mol. The van der Waals surface area contributed by atoms with Gasteiger partial charge in [0.05, 0.1) is 19.8 Å². The number of rotatable bonds is 45. The van der Waals surface area contributed by atoms with Crippen molar-refractivity contribution in [2.24, 2.45) is 5.73 Å². The highest BCUT2D eigenvalue weighted by Crippen LogP contribution is 2.43. The smallest absolute Gasteiger partial charge is 0.457 e. The maximum absolute atomic E-state index is 12.6. The van der Waals surface area contributed by atoms with Crippen LogP contribution in [0.5, 0.6) is 0 Å². The number of esters is 1. The summed E-state index contributed by atoms with van der Waals surface area (Å²) >= 11 is 0. The topological polar surface area (TPSA) is 117 Å². The van der Waals surface area contributed by atoms with Crippen molar-refractivity contribution >= 4 is 13.8 Å². The number of phosphoric ester groups is 1. The van der Waals surface area contributed by atoms with Gasteiger partial charge in [-0.3, -0.25) is 13.8 Å². The van der Waals surface area contributed by atoms with E-state index >= 15 is 0 Å². The molecule has 0 bridgehead atoms. The highest BCUT2D eigenvalue weighted by molar-refractivity contribution is 7.47. The molecule has 0 amide bonds. The first-order valence-corrected chi connectivity index (χ1v) is 25.1. The molecule has 0 saturated heterocycles. The fourth-order valence-electron chi connectivity index (χ4n) is 6.58. The van der Waals surface area contributed by atoms with Gasteiger partial charge in [-0.25, -0.2) is 4.57 Å². The summed E-state index contributed by atoms with van der Waals surface area (Å²) in [5.41, 5.74) is 5.37. The third-order valence-electron chi connectivity index (χ3n) is 10.0. The third-order valence-corrected chi connectivity index (χ3v) is 11.0. The Labute approximate surface area is 351 Å². The van der Waals surface area contributed by atoms with Gasteiger partial charge in [-0.15, -0.1) is 0 Å². The fourth-order valence-corrected chi connectivity index (χ4v) is 7.34. The number of unbranched alkanes of at least 4 members (excludes halogenated alkanes) is 24. The van der Waals surface area contributed by atoms with Gasteiger partial charge in [-0.2, -0.15) is 0 Å². The normalized spacial score (nSPS) is 13.8. The van der Waals surface area contributed by atoms with Gasteiger partial charge in [0.1, 0.15) is 6.10 Å². The van der Waals surface area contributed by atoms with E-state index in [2.05, 4.69) is 62.5 Å². The molecule has 0 aliphatic carbocycles. The Morgan fingerprint density at radius 3 is 1.46 bits per heavy atom. The van der Waals surface area contributed by atoms with Crippen molar-refractivity contribution in [2.45, 2.75) is 219 Å². The van der Waals surface area contributed by atoms with Crippen molar-refractivity contribution in [1.29, 1.82) is 0 Å². The lowest BCUT2D eigenvalue weighted by atomic mass is 10.0. The summed E-state index contributed by atoms with van der Waals surface area (Å²) in [5, 5.41) is 0. The molecule has 0 radical (unpaired) electrons. The van der Waals surface area contributed by atoms with Gasteiger partial charge in [0.25, 0.3) is 0 Å². The second-order valence-corrected chi connectivity index (χ2v) is 17.1. The average molecular weight is 824 g/mol. The van der Waals surface area contributed by atoms with Gasteiger partial charge in [0.15, 0.2) is 0 Å². The van der Waals surface area contributed by atoms with Crippen LogP contribution < -0.4 is 5.73 Å². The van der Waals surface area contributed by atoms with Crippen LogP contribution in [0.15, 0.2) is 48.6 Å². The molecular formula is C48H90NO7P. The molecule has 0 rings (SSSR count). The molecule has 0 aliphatic heterocycles. The Hall–Kier alpha value is -1.54. The lowest BCUT2D eigenvalue weighted by Crippen LogP contribution is -2.28. The second kappa shape index (κ2) is 45.5. The first-order valence-electron chi connectivity index (χ1n) is 23.6. The molecule has 57 heavy (non-hydrogen) atoms. The van der Waals surface area contributed by atoms with Crippen molar-refractivity contribution in [3.05, 3.63) is 48.6 Å². The summed E-state index contributed by atoms with van der Waals surface area (Å²) < 4.78 is 33.5. The molecule has 2 unspecified atom stereocenters. The first-order chi connectivity index (χ1) is 27.9. The molecule has 3 N–H and O–H groups in total. The average Bonchev–Trinajstić information content (AvgIpc) is 3.20. The largest absolute Gasteiger partial charge is 0.472 e. The van der Waals surface area contributed by atoms with Crippen LogP contribution in [0.25, 0.3) is 0 Å². The van der Waals surface area contributed by atoms with E-state index in [1.165, 1.54) is 122 Å². The molecule has 0 heterocycles. The number of ether oxygens (including phenoxy) is 2. The van der Waals surface area contributed by atoms with Crippen LogP contribution in [0, 0.1) is 0 Å². The second-order valence-electron chi connectivity index (χ2n) is 15.6. The van der Waals surface area contributed by atoms with E-state index in [1.54, 1.807) is 0 Å². The SMILES string of the molecule is CC/C=C\C/C=C\C/C=C\C/C=C\CCCCCOCC(COP(=O)(O)OCCN)OC(=O)CCCCCCCCCCCCCCCCCCCCCCCC. The van der Waals surface area contributed by atoms with Gasteiger partial charge in [0.2, 0.25) is 0 Å². The molecule has 0 spiro atoms. The Balaban J connectivity index is 3.98. The van der Waals surface area contributed by atoms with E-state index in [0.717, 1.165) is 70.6 Å². The standard InChI is InChI=1S/C48H90NO7P/c1-3-5-7-9-11-13-15-17-19-21-22-23-24-25-26-27-29-31-33-35-37-39-41-48(50)56-47(46-55-57(51,52)54-44-42-49)45-53-43-40-38-36-34-32-30-28-20-18-16-14-12-10-8-6-4-2/h6,8,12,14,18,20,30,32,47H,3-5,7,9-11,13,15-17,19,21-29,31,33-46,49H2,1-2H3,(H,51,52)/b8-6-,14-12-,20-18-,32-30-. The molecule has 0 saturated carbocycles. The van der Waals surface area contributed by atoms with E-state index in [0.29, 0.717) is 13.0 Å². The van der Waals surface area contributed by atoms with Crippen molar-refractivity contribution in [2.75, 3.05) is 33.0 Å². The summed E-state index contributed by atoms with van der Waals surface area (Å²) in [6, 6.07) is 0. The summed E-state index contributed by atoms with van der Waals surface area (Å²) in [4.78, 5) is 22.5. The zero-order valence-corrected chi connectivity index (χ0v) is 38.0. The summed E-state index contributed by atoms with van der Waals surface area (Å²) in [7, 11) is -4.29. The number of carbonyl (C=O) groups is 1. The van der Waals surface area contributed by atoms with Crippen molar-refractivity contribution in [3.8, 4) is 0 Å². The van der Waals surface area contributed by atoms with E-state index in [9.17, 15) is 14.3 Å². The Bertz CT molecular complexity index is 1010.